The van der Waals surface area contributed by atoms with Crippen LogP contribution in [0.15, 0.2) is 0 Å². The number of rotatable bonds is 2. The van der Waals surface area contributed by atoms with Crippen molar-refractivity contribution in [2.24, 2.45) is 11.7 Å². The second kappa shape index (κ2) is 7.59. The van der Waals surface area contributed by atoms with Crippen molar-refractivity contribution in [3.8, 4) is 0 Å². The molecule has 18 heavy (non-hydrogen) atoms. The summed E-state index contributed by atoms with van der Waals surface area (Å²) in [6, 6.07) is -0.432. The number of amides is 2. The van der Waals surface area contributed by atoms with E-state index in [2.05, 4.69) is 0 Å². The van der Waals surface area contributed by atoms with Gasteiger partial charge in [-0.2, -0.15) is 0 Å². The van der Waals surface area contributed by atoms with E-state index in [-0.39, 0.29) is 30.1 Å². The highest BCUT2D eigenvalue weighted by Crippen LogP contribution is 2.08. The van der Waals surface area contributed by atoms with E-state index in [1.165, 1.54) is 0 Å². The Bertz CT molecular complexity index is 297. The number of carbonyl (C=O) groups is 2. The highest BCUT2D eigenvalue weighted by Gasteiger charge is 2.25. The maximum atomic E-state index is 12.1. The van der Waals surface area contributed by atoms with E-state index in [0.717, 1.165) is 13.0 Å². The van der Waals surface area contributed by atoms with Crippen LogP contribution in [-0.2, 0) is 9.59 Å². The lowest BCUT2D eigenvalue weighted by atomic mass is 10.0. The first-order valence-electron chi connectivity index (χ1n) is 6.23. The zero-order chi connectivity index (χ0) is 13.0. The Morgan fingerprint density at radius 1 is 1.06 bits per heavy atom. The standard InChI is InChI=1S/C12H23N3O2.ClH/c1-9(2)11(13)12(17)15-6-4-5-14(7-8-15)10(3)16;/h9,11H,4-8,13H2,1-3H3;1H. The van der Waals surface area contributed by atoms with Gasteiger partial charge in [-0.1, -0.05) is 13.8 Å². The fraction of sp³-hybridized carbons (Fsp3) is 0.833. The minimum Gasteiger partial charge on any atom is -0.341 e. The Labute approximate surface area is 115 Å². The van der Waals surface area contributed by atoms with Gasteiger partial charge in [-0.25, -0.2) is 0 Å². The summed E-state index contributed by atoms with van der Waals surface area (Å²) in [5.74, 6) is 0.229. The summed E-state index contributed by atoms with van der Waals surface area (Å²) < 4.78 is 0. The summed E-state index contributed by atoms with van der Waals surface area (Å²) in [4.78, 5) is 26.9. The van der Waals surface area contributed by atoms with E-state index in [4.69, 9.17) is 5.73 Å². The molecule has 0 aliphatic carbocycles. The van der Waals surface area contributed by atoms with E-state index < -0.39 is 6.04 Å². The average molecular weight is 278 g/mol. The van der Waals surface area contributed by atoms with Gasteiger partial charge in [-0.3, -0.25) is 9.59 Å². The van der Waals surface area contributed by atoms with E-state index >= 15 is 0 Å². The van der Waals surface area contributed by atoms with Crippen LogP contribution in [0.4, 0.5) is 0 Å². The van der Waals surface area contributed by atoms with E-state index in [1.54, 1.807) is 16.7 Å². The molecule has 5 nitrogen and oxygen atoms in total. The highest BCUT2D eigenvalue weighted by molar-refractivity contribution is 5.85. The lowest BCUT2D eigenvalue weighted by molar-refractivity contribution is -0.134. The highest BCUT2D eigenvalue weighted by atomic mass is 35.5. The fourth-order valence-corrected chi connectivity index (χ4v) is 1.95. The van der Waals surface area contributed by atoms with Gasteiger partial charge >= 0.3 is 0 Å². The summed E-state index contributed by atoms with van der Waals surface area (Å²) in [6.45, 7) is 8.10. The molecule has 1 fully saturated rings. The Kier molecular flexibility index (Phi) is 7.25. The zero-order valence-corrected chi connectivity index (χ0v) is 12.2. The molecule has 0 spiro atoms. The largest absolute Gasteiger partial charge is 0.341 e. The molecule has 0 aromatic heterocycles. The smallest absolute Gasteiger partial charge is 0.239 e. The second-order valence-corrected chi connectivity index (χ2v) is 4.95. The molecule has 1 aliphatic heterocycles. The number of nitrogens with zero attached hydrogens (tertiary/aromatic N) is 2. The Hall–Kier alpha value is -0.810. The van der Waals surface area contributed by atoms with Crippen LogP contribution in [0.25, 0.3) is 0 Å². The van der Waals surface area contributed by atoms with Crippen LogP contribution in [0, 0.1) is 5.92 Å². The third kappa shape index (κ3) is 4.46. The quantitative estimate of drug-likeness (QED) is 0.798. The van der Waals surface area contributed by atoms with Gasteiger partial charge in [0.2, 0.25) is 11.8 Å². The van der Waals surface area contributed by atoms with E-state index in [0.29, 0.717) is 19.6 Å². The molecule has 0 aromatic carbocycles. The van der Waals surface area contributed by atoms with E-state index in [9.17, 15) is 9.59 Å². The minimum atomic E-state index is -0.432. The predicted octanol–water partition coefficient (Wildman–Crippen LogP) is 0.472. The molecule has 0 aromatic rings. The summed E-state index contributed by atoms with van der Waals surface area (Å²) in [5, 5.41) is 0. The zero-order valence-electron chi connectivity index (χ0n) is 11.4. The topological polar surface area (TPSA) is 66.6 Å². The van der Waals surface area contributed by atoms with Gasteiger partial charge in [0.15, 0.2) is 0 Å². The molecule has 1 unspecified atom stereocenters. The Balaban J connectivity index is 0.00000289. The Morgan fingerprint density at radius 2 is 1.56 bits per heavy atom. The van der Waals surface area contributed by atoms with E-state index in [1.807, 2.05) is 13.8 Å². The van der Waals surface area contributed by atoms with Gasteiger partial charge in [0.05, 0.1) is 6.04 Å². The number of hydrogen-bond donors (Lipinski definition) is 1. The first-order valence-corrected chi connectivity index (χ1v) is 6.23. The summed E-state index contributed by atoms with van der Waals surface area (Å²) in [6.07, 6.45) is 0.829. The molecule has 6 heteroatoms. The molecule has 106 valence electrons. The summed E-state index contributed by atoms with van der Waals surface area (Å²) >= 11 is 0. The van der Waals surface area contributed by atoms with Crippen LogP contribution < -0.4 is 5.73 Å². The molecule has 0 radical (unpaired) electrons. The third-order valence-corrected chi connectivity index (χ3v) is 3.26. The van der Waals surface area contributed by atoms with Gasteiger partial charge in [-0.05, 0) is 12.3 Å². The van der Waals surface area contributed by atoms with Gasteiger partial charge in [0.1, 0.15) is 0 Å². The van der Waals surface area contributed by atoms with Crippen LogP contribution in [0.5, 0.6) is 0 Å². The lowest BCUT2D eigenvalue weighted by Gasteiger charge is -2.26. The first-order chi connectivity index (χ1) is 7.93. The molecule has 1 rings (SSSR count). The molecule has 0 saturated carbocycles. The van der Waals surface area contributed by atoms with Crippen molar-refractivity contribution < 1.29 is 9.59 Å². The number of hydrogen-bond acceptors (Lipinski definition) is 3. The van der Waals surface area contributed by atoms with Crippen molar-refractivity contribution in [1.82, 2.24) is 9.80 Å². The molecular formula is C12H24ClN3O2. The maximum absolute atomic E-state index is 12.1. The van der Waals surface area contributed by atoms with Crippen LogP contribution in [0.2, 0.25) is 0 Å². The third-order valence-electron chi connectivity index (χ3n) is 3.26. The fourth-order valence-electron chi connectivity index (χ4n) is 1.95. The summed E-state index contributed by atoms with van der Waals surface area (Å²) in [5.41, 5.74) is 5.86. The number of carbonyl (C=O) groups excluding carboxylic acids is 2. The monoisotopic (exact) mass is 277 g/mol. The molecule has 1 atom stereocenters. The molecule has 2 N–H and O–H groups in total. The minimum absolute atomic E-state index is 0. The van der Waals surface area contributed by atoms with Crippen molar-refractivity contribution in [3.05, 3.63) is 0 Å². The Morgan fingerprint density at radius 3 is 2.06 bits per heavy atom. The van der Waals surface area contributed by atoms with Crippen molar-refractivity contribution in [3.63, 3.8) is 0 Å². The molecule has 1 saturated heterocycles. The molecular weight excluding hydrogens is 254 g/mol. The maximum Gasteiger partial charge on any atom is 0.239 e. The van der Waals surface area contributed by atoms with Crippen molar-refractivity contribution >= 4 is 24.2 Å². The predicted molar refractivity (Wildman–Crippen MR) is 73.5 cm³/mol. The van der Waals surface area contributed by atoms with Crippen LogP contribution in [-0.4, -0.2) is 53.8 Å². The van der Waals surface area contributed by atoms with Crippen LogP contribution in [0.1, 0.15) is 27.2 Å². The van der Waals surface area contributed by atoms with Gasteiger partial charge < -0.3 is 15.5 Å². The number of nitrogens with two attached hydrogens (primary N) is 1. The van der Waals surface area contributed by atoms with Crippen molar-refractivity contribution in [2.75, 3.05) is 26.2 Å². The van der Waals surface area contributed by atoms with Gasteiger partial charge in [0.25, 0.3) is 0 Å². The van der Waals surface area contributed by atoms with Crippen molar-refractivity contribution in [1.29, 1.82) is 0 Å². The number of halogens is 1. The SMILES string of the molecule is CC(=O)N1CCCN(C(=O)C(N)C(C)C)CC1.Cl. The van der Waals surface area contributed by atoms with Gasteiger partial charge in [0, 0.05) is 33.1 Å². The lowest BCUT2D eigenvalue weighted by Crippen LogP contribution is -2.47. The van der Waals surface area contributed by atoms with Crippen molar-refractivity contribution in [2.45, 2.75) is 33.2 Å². The molecule has 0 bridgehead atoms. The molecule has 1 aliphatic rings. The first kappa shape index (κ1) is 17.2. The average Bonchev–Trinajstić information content (AvgIpc) is 2.52. The van der Waals surface area contributed by atoms with Gasteiger partial charge in [-0.15, -0.1) is 12.4 Å². The molecule has 2 amide bonds. The van der Waals surface area contributed by atoms with Crippen LogP contribution >= 0.6 is 12.4 Å². The second-order valence-electron chi connectivity index (χ2n) is 4.95. The normalized spacial score (nSPS) is 18.1. The summed E-state index contributed by atoms with van der Waals surface area (Å²) in [7, 11) is 0. The molecule has 1 heterocycles. The van der Waals surface area contributed by atoms with Crippen LogP contribution in [0.3, 0.4) is 0 Å².